The summed E-state index contributed by atoms with van der Waals surface area (Å²) in [5.74, 6) is -1.54. The fourth-order valence-corrected chi connectivity index (χ4v) is 5.24. The van der Waals surface area contributed by atoms with E-state index >= 15 is 0 Å². The number of hydrogen-bond acceptors (Lipinski definition) is 4. The van der Waals surface area contributed by atoms with Crippen molar-refractivity contribution in [1.29, 1.82) is 0 Å². The maximum atomic E-state index is 13.6. The van der Waals surface area contributed by atoms with Crippen molar-refractivity contribution in [3.8, 4) is 0 Å². The van der Waals surface area contributed by atoms with Crippen LogP contribution in [-0.4, -0.2) is 24.6 Å². The fourth-order valence-electron chi connectivity index (χ4n) is 3.12. The first kappa shape index (κ1) is 17.5. The predicted octanol–water partition coefficient (Wildman–Crippen LogP) is 3.50. The lowest BCUT2D eigenvalue weighted by Crippen LogP contribution is -2.20. The highest BCUT2D eigenvalue weighted by Gasteiger charge is 2.31. The molecule has 5 nitrogen and oxygen atoms in total. The molecule has 1 amide bonds. The number of benzene rings is 1. The second-order valence-corrected chi connectivity index (χ2v) is 8.42. The summed E-state index contributed by atoms with van der Waals surface area (Å²) in [6.45, 7) is 1.73. The first-order chi connectivity index (χ1) is 11.9. The van der Waals surface area contributed by atoms with Crippen molar-refractivity contribution in [2.45, 2.75) is 42.8 Å². The number of nitrogens with one attached hydrogen (secondary N) is 1. The monoisotopic (exact) mass is 362 g/mol. The van der Waals surface area contributed by atoms with Gasteiger partial charge >= 0.3 is 0 Å². The van der Waals surface area contributed by atoms with Gasteiger partial charge in [0.25, 0.3) is 5.91 Å². The number of amides is 1. The van der Waals surface area contributed by atoms with Gasteiger partial charge in [-0.05, 0) is 49.6 Å². The van der Waals surface area contributed by atoms with Gasteiger partial charge in [0.15, 0.2) is 9.84 Å². The van der Waals surface area contributed by atoms with Crippen molar-refractivity contribution in [2.24, 2.45) is 0 Å². The quantitative estimate of drug-likeness (QED) is 0.845. The van der Waals surface area contributed by atoms with Crippen LogP contribution in [0.2, 0.25) is 0 Å². The number of nitrogens with zero attached hydrogens (tertiary/aromatic N) is 1. The second kappa shape index (κ2) is 6.92. The Morgan fingerprint density at radius 2 is 1.96 bits per heavy atom. The van der Waals surface area contributed by atoms with Gasteiger partial charge in [0, 0.05) is 11.9 Å². The average Bonchev–Trinajstić information content (AvgIpc) is 3.12. The smallest absolute Gasteiger partial charge is 0.260 e. The number of rotatable bonds is 4. The molecule has 0 aliphatic heterocycles. The standard InChI is InChI=1S/C18H19FN2O3S/c1-12-8-9-13(21-18(22)15-7-4-10-20-17(15)19)11-16(12)25(23,24)14-5-2-3-6-14/h4,7-11,14H,2-3,5-6H2,1H3,(H,21,22). The number of carbonyl (C=O) groups excluding carboxylic acids is 1. The number of sulfone groups is 1. The highest BCUT2D eigenvalue weighted by atomic mass is 32.2. The van der Waals surface area contributed by atoms with Crippen LogP contribution in [0.5, 0.6) is 0 Å². The summed E-state index contributed by atoms with van der Waals surface area (Å²) in [6, 6.07) is 7.49. The van der Waals surface area contributed by atoms with Crippen molar-refractivity contribution in [3.63, 3.8) is 0 Å². The molecule has 0 atom stereocenters. The number of pyridine rings is 1. The molecule has 0 bridgehead atoms. The minimum absolute atomic E-state index is 0.191. The van der Waals surface area contributed by atoms with E-state index in [9.17, 15) is 17.6 Å². The number of anilines is 1. The van der Waals surface area contributed by atoms with Crippen LogP contribution in [-0.2, 0) is 9.84 Å². The lowest BCUT2D eigenvalue weighted by atomic mass is 10.2. The van der Waals surface area contributed by atoms with Crippen LogP contribution in [0.3, 0.4) is 0 Å². The highest BCUT2D eigenvalue weighted by Crippen LogP contribution is 2.32. The maximum absolute atomic E-state index is 13.6. The molecule has 1 aromatic carbocycles. The molecule has 0 spiro atoms. The topological polar surface area (TPSA) is 76.1 Å². The summed E-state index contributed by atoms with van der Waals surface area (Å²) < 4.78 is 39.3. The Hall–Kier alpha value is -2.28. The van der Waals surface area contributed by atoms with Gasteiger partial charge < -0.3 is 5.32 Å². The Morgan fingerprint density at radius 3 is 2.64 bits per heavy atom. The van der Waals surface area contributed by atoms with Crippen LogP contribution in [0.1, 0.15) is 41.6 Å². The Morgan fingerprint density at radius 1 is 1.24 bits per heavy atom. The molecular formula is C18H19FN2O3S. The van der Waals surface area contributed by atoms with E-state index < -0.39 is 21.7 Å². The van der Waals surface area contributed by atoms with E-state index in [1.165, 1.54) is 24.4 Å². The van der Waals surface area contributed by atoms with Gasteiger partial charge in [-0.2, -0.15) is 4.39 Å². The van der Waals surface area contributed by atoms with E-state index in [2.05, 4.69) is 10.3 Å². The molecule has 132 valence electrons. The zero-order valence-corrected chi connectivity index (χ0v) is 14.6. The molecule has 0 unspecified atom stereocenters. The Kier molecular flexibility index (Phi) is 4.85. The molecular weight excluding hydrogens is 343 g/mol. The third-order valence-electron chi connectivity index (χ3n) is 4.50. The van der Waals surface area contributed by atoms with Gasteiger partial charge in [-0.15, -0.1) is 0 Å². The first-order valence-electron chi connectivity index (χ1n) is 8.16. The van der Waals surface area contributed by atoms with Gasteiger partial charge in [0.2, 0.25) is 5.95 Å². The lowest BCUT2D eigenvalue weighted by molar-refractivity contribution is 0.102. The van der Waals surface area contributed by atoms with E-state index in [0.717, 1.165) is 12.8 Å². The number of aromatic nitrogens is 1. The minimum atomic E-state index is -3.44. The van der Waals surface area contributed by atoms with Crippen LogP contribution in [0.25, 0.3) is 0 Å². The number of halogens is 1. The van der Waals surface area contributed by atoms with Crippen molar-refractivity contribution in [3.05, 3.63) is 53.6 Å². The van der Waals surface area contributed by atoms with E-state index in [1.807, 2.05) is 0 Å². The van der Waals surface area contributed by atoms with E-state index in [-0.39, 0.29) is 15.7 Å². The SMILES string of the molecule is Cc1ccc(NC(=O)c2cccnc2F)cc1S(=O)(=O)C1CCCC1. The normalized spacial score (nSPS) is 15.3. The number of hydrogen-bond donors (Lipinski definition) is 1. The Bertz CT molecular complexity index is 906. The first-order valence-corrected chi connectivity index (χ1v) is 9.70. The van der Waals surface area contributed by atoms with Crippen LogP contribution in [0, 0.1) is 12.9 Å². The molecule has 1 aromatic heterocycles. The summed E-state index contributed by atoms with van der Waals surface area (Å²) in [5, 5.41) is 2.18. The Balaban J connectivity index is 1.89. The summed E-state index contributed by atoms with van der Waals surface area (Å²) in [5.41, 5.74) is 0.760. The highest BCUT2D eigenvalue weighted by molar-refractivity contribution is 7.92. The Labute approximate surface area is 146 Å². The zero-order valence-electron chi connectivity index (χ0n) is 13.8. The molecule has 7 heteroatoms. The predicted molar refractivity (Wildman–Crippen MR) is 92.8 cm³/mol. The summed E-state index contributed by atoms with van der Waals surface area (Å²) >= 11 is 0. The van der Waals surface area contributed by atoms with E-state index in [0.29, 0.717) is 24.1 Å². The summed E-state index contributed by atoms with van der Waals surface area (Å²) in [4.78, 5) is 15.9. The minimum Gasteiger partial charge on any atom is -0.322 e. The number of aryl methyl sites for hydroxylation is 1. The molecule has 1 saturated carbocycles. The molecule has 25 heavy (non-hydrogen) atoms. The zero-order chi connectivity index (χ0) is 18.0. The second-order valence-electron chi connectivity index (χ2n) is 6.23. The van der Waals surface area contributed by atoms with Gasteiger partial charge in [0.1, 0.15) is 0 Å². The fraction of sp³-hybridized carbons (Fsp3) is 0.333. The summed E-state index contributed by atoms with van der Waals surface area (Å²) in [7, 11) is -3.44. The van der Waals surface area contributed by atoms with Crippen molar-refractivity contribution >= 4 is 21.4 Å². The van der Waals surface area contributed by atoms with Crippen molar-refractivity contribution < 1.29 is 17.6 Å². The molecule has 1 fully saturated rings. The van der Waals surface area contributed by atoms with Gasteiger partial charge in [-0.3, -0.25) is 4.79 Å². The third kappa shape index (κ3) is 3.56. The third-order valence-corrected chi connectivity index (χ3v) is 6.90. The molecule has 1 aliphatic carbocycles. The molecule has 1 N–H and O–H groups in total. The average molecular weight is 362 g/mol. The largest absolute Gasteiger partial charge is 0.322 e. The van der Waals surface area contributed by atoms with Gasteiger partial charge in [-0.25, -0.2) is 13.4 Å². The van der Waals surface area contributed by atoms with Gasteiger partial charge in [-0.1, -0.05) is 18.9 Å². The molecule has 1 aliphatic rings. The van der Waals surface area contributed by atoms with Crippen LogP contribution >= 0.6 is 0 Å². The van der Waals surface area contributed by atoms with Crippen molar-refractivity contribution in [1.82, 2.24) is 4.98 Å². The molecule has 0 radical (unpaired) electrons. The molecule has 2 aromatic rings. The van der Waals surface area contributed by atoms with Gasteiger partial charge in [0.05, 0.1) is 15.7 Å². The molecule has 1 heterocycles. The van der Waals surface area contributed by atoms with Crippen LogP contribution in [0.4, 0.5) is 10.1 Å². The molecule has 0 saturated heterocycles. The summed E-state index contributed by atoms with van der Waals surface area (Å²) in [6.07, 6.45) is 4.42. The maximum Gasteiger partial charge on any atom is 0.260 e. The number of carbonyl (C=O) groups is 1. The van der Waals surface area contributed by atoms with Crippen molar-refractivity contribution in [2.75, 3.05) is 5.32 Å². The molecule has 3 rings (SSSR count). The van der Waals surface area contributed by atoms with E-state index in [1.54, 1.807) is 19.1 Å². The van der Waals surface area contributed by atoms with Crippen LogP contribution in [0.15, 0.2) is 41.4 Å². The lowest BCUT2D eigenvalue weighted by Gasteiger charge is -2.15. The van der Waals surface area contributed by atoms with E-state index in [4.69, 9.17) is 0 Å². The van der Waals surface area contributed by atoms with Crippen LogP contribution < -0.4 is 5.32 Å².